The number of sulfonamides is 1. The van der Waals surface area contributed by atoms with Crippen molar-refractivity contribution in [3.63, 3.8) is 0 Å². The summed E-state index contributed by atoms with van der Waals surface area (Å²) in [4.78, 5) is 13.9. The lowest BCUT2D eigenvalue weighted by Crippen LogP contribution is -2.31. The normalized spacial score (nSPS) is 14.5. The predicted molar refractivity (Wildman–Crippen MR) is 111 cm³/mol. The minimum atomic E-state index is -3.66. The van der Waals surface area contributed by atoms with E-state index in [2.05, 4.69) is 0 Å². The van der Waals surface area contributed by atoms with Crippen LogP contribution in [-0.4, -0.2) is 52.5 Å². The minimum Gasteiger partial charge on any atom is -0.497 e. The molecule has 1 amide bonds. The summed E-state index contributed by atoms with van der Waals surface area (Å²) in [6.07, 6.45) is 1.37. The SMILES string of the molecule is COc1ccc(OCCN(C)S(=O)(=O)c2ccc(N3CCCC3=O)cc2C)cc1. The fourth-order valence-electron chi connectivity index (χ4n) is 3.26. The molecule has 0 radical (unpaired) electrons. The molecule has 0 atom stereocenters. The van der Waals surface area contributed by atoms with E-state index in [1.165, 1.54) is 11.4 Å². The molecule has 29 heavy (non-hydrogen) atoms. The number of carbonyl (C=O) groups excluding carboxylic acids is 1. The number of anilines is 1. The molecule has 1 aliphatic heterocycles. The molecule has 1 heterocycles. The Hall–Kier alpha value is -2.58. The second kappa shape index (κ2) is 8.84. The highest BCUT2D eigenvalue weighted by atomic mass is 32.2. The maximum Gasteiger partial charge on any atom is 0.243 e. The molecule has 0 unspecified atom stereocenters. The molecule has 1 saturated heterocycles. The number of rotatable bonds is 8. The Bertz CT molecular complexity index is 973. The number of carbonyl (C=O) groups is 1. The summed E-state index contributed by atoms with van der Waals surface area (Å²) in [6.45, 7) is 2.85. The minimum absolute atomic E-state index is 0.0767. The van der Waals surface area contributed by atoms with Crippen LogP contribution < -0.4 is 14.4 Å². The summed E-state index contributed by atoms with van der Waals surface area (Å²) in [7, 11) is -0.536. The monoisotopic (exact) mass is 418 g/mol. The molecule has 1 aliphatic rings. The fraction of sp³-hybridized carbons (Fsp3) is 0.381. The molecule has 3 rings (SSSR count). The lowest BCUT2D eigenvalue weighted by molar-refractivity contribution is -0.117. The first-order chi connectivity index (χ1) is 13.8. The van der Waals surface area contributed by atoms with Crippen LogP contribution >= 0.6 is 0 Å². The second-order valence-corrected chi connectivity index (χ2v) is 8.96. The number of likely N-dealkylation sites (N-methyl/N-ethyl adjacent to an activating group) is 1. The lowest BCUT2D eigenvalue weighted by Gasteiger charge is -2.21. The molecule has 0 spiro atoms. The van der Waals surface area contributed by atoms with Crippen LogP contribution in [0.4, 0.5) is 5.69 Å². The van der Waals surface area contributed by atoms with Crippen LogP contribution in [0.3, 0.4) is 0 Å². The van der Waals surface area contributed by atoms with Crippen molar-refractivity contribution in [2.45, 2.75) is 24.7 Å². The molecule has 7 nitrogen and oxygen atoms in total. The summed E-state index contributed by atoms with van der Waals surface area (Å²) in [6, 6.07) is 12.2. The van der Waals surface area contributed by atoms with Gasteiger partial charge in [0.2, 0.25) is 15.9 Å². The van der Waals surface area contributed by atoms with E-state index in [1.54, 1.807) is 61.4 Å². The van der Waals surface area contributed by atoms with Gasteiger partial charge in [0.05, 0.1) is 12.0 Å². The van der Waals surface area contributed by atoms with Crippen LogP contribution in [0.25, 0.3) is 0 Å². The van der Waals surface area contributed by atoms with Crippen molar-refractivity contribution in [2.24, 2.45) is 0 Å². The Morgan fingerprint density at radius 2 is 1.79 bits per heavy atom. The van der Waals surface area contributed by atoms with Crippen LogP contribution in [-0.2, 0) is 14.8 Å². The summed E-state index contributed by atoms with van der Waals surface area (Å²) < 4.78 is 37.9. The van der Waals surface area contributed by atoms with Gasteiger partial charge in [-0.1, -0.05) is 0 Å². The van der Waals surface area contributed by atoms with Gasteiger partial charge in [0.1, 0.15) is 18.1 Å². The van der Waals surface area contributed by atoms with Crippen molar-refractivity contribution >= 4 is 21.6 Å². The molecule has 0 saturated carbocycles. The zero-order valence-corrected chi connectivity index (χ0v) is 17.7. The fourth-order valence-corrected chi connectivity index (χ4v) is 4.62. The van der Waals surface area contributed by atoms with Crippen LogP contribution in [0.1, 0.15) is 18.4 Å². The van der Waals surface area contributed by atoms with Gasteiger partial charge in [-0.25, -0.2) is 8.42 Å². The zero-order chi connectivity index (χ0) is 21.0. The molecule has 0 bridgehead atoms. The smallest absolute Gasteiger partial charge is 0.243 e. The van der Waals surface area contributed by atoms with Gasteiger partial charge in [-0.15, -0.1) is 0 Å². The molecule has 0 N–H and O–H groups in total. The highest BCUT2D eigenvalue weighted by molar-refractivity contribution is 7.89. The van der Waals surface area contributed by atoms with Gasteiger partial charge < -0.3 is 14.4 Å². The largest absolute Gasteiger partial charge is 0.497 e. The number of hydrogen-bond acceptors (Lipinski definition) is 5. The number of amides is 1. The van der Waals surface area contributed by atoms with E-state index in [0.29, 0.717) is 24.3 Å². The predicted octanol–water partition coefficient (Wildman–Crippen LogP) is 2.83. The number of aryl methyl sites for hydroxylation is 1. The molecular formula is C21H26N2O5S. The first-order valence-electron chi connectivity index (χ1n) is 9.47. The quantitative estimate of drug-likeness (QED) is 0.659. The number of nitrogens with zero attached hydrogens (tertiary/aromatic N) is 2. The average Bonchev–Trinajstić information content (AvgIpc) is 3.14. The van der Waals surface area contributed by atoms with Crippen LogP contribution in [0.5, 0.6) is 11.5 Å². The van der Waals surface area contributed by atoms with E-state index in [4.69, 9.17) is 9.47 Å². The Kier molecular flexibility index (Phi) is 6.44. The van der Waals surface area contributed by atoms with Crippen molar-refractivity contribution in [3.05, 3.63) is 48.0 Å². The van der Waals surface area contributed by atoms with Crippen LogP contribution in [0, 0.1) is 6.92 Å². The Morgan fingerprint density at radius 3 is 2.38 bits per heavy atom. The van der Waals surface area contributed by atoms with Crippen molar-refractivity contribution in [1.82, 2.24) is 4.31 Å². The molecule has 156 valence electrons. The highest BCUT2D eigenvalue weighted by Crippen LogP contribution is 2.27. The summed E-state index contributed by atoms with van der Waals surface area (Å²) in [5, 5.41) is 0. The average molecular weight is 419 g/mol. The molecule has 1 fully saturated rings. The third-order valence-corrected chi connectivity index (χ3v) is 6.98. The number of ether oxygens (including phenoxy) is 2. The van der Waals surface area contributed by atoms with E-state index in [1.807, 2.05) is 0 Å². The summed E-state index contributed by atoms with van der Waals surface area (Å²) >= 11 is 0. The van der Waals surface area contributed by atoms with Gasteiger partial charge in [-0.2, -0.15) is 4.31 Å². The molecule has 2 aromatic carbocycles. The van der Waals surface area contributed by atoms with Crippen molar-refractivity contribution in [2.75, 3.05) is 38.8 Å². The van der Waals surface area contributed by atoms with Gasteiger partial charge in [0.25, 0.3) is 0 Å². The Morgan fingerprint density at radius 1 is 1.10 bits per heavy atom. The molecule has 8 heteroatoms. The third-order valence-electron chi connectivity index (χ3n) is 4.97. The first-order valence-corrected chi connectivity index (χ1v) is 10.9. The summed E-state index contributed by atoms with van der Waals surface area (Å²) in [5.41, 5.74) is 1.36. The van der Waals surface area contributed by atoms with Gasteiger partial charge in [0, 0.05) is 32.2 Å². The number of hydrogen-bond donors (Lipinski definition) is 0. The second-order valence-electron chi connectivity index (χ2n) is 6.95. The van der Waals surface area contributed by atoms with Gasteiger partial charge >= 0.3 is 0 Å². The number of methoxy groups -OCH3 is 1. The molecule has 0 aliphatic carbocycles. The van der Waals surface area contributed by atoms with E-state index < -0.39 is 10.0 Å². The van der Waals surface area contributed by atoms with E-state index in [0.717, 1.165) is 17.9 Å². The van der Waals surface area contributed by atoms with E-state index >= 15 is 0 Å². The van der Waals surface area contributed by atoms with Crippen molar-refractivity contribution < 1.29 is 22.7 Å². The maximum absolute atomic E-state index is 12.9. The zero-order valence-electron chi connectivity index (χ0n) is 16.9. The standard InChI is InChI=1S/C21H26N2O5S/c1-16-15-17(23-12-4-5-21(23)24)6-11-20(16)29(25,26)22(2)13-14-28-19-9-7-18(27-3)8-10-19/h6-11,15H,4-5,12-14H2,1-3H3. The topological polar surface area (TPSA) is 76.2 Å². The van der Waals surface area contributed by atoms with E-state index in [-0.39, 0.29) is 24.0 Å². The molecule has 0 aromatic heterocycles. The van der Waals surface area contributed by atoms with Crippen LogP contribution in [0.2, 0.25) is 0 Å². The Balaban J connectivity index is 1.64. The maximum atomic E-state index is 12.9. The Labute approximate surface area is 171 Å². The lowest BCUT2D eigenvalue weighted by atomic mass is 10.2. The first kappa shape index (κ1) is 21.1. The van der Waals surface area contributed by atoms with Gasteiger partial charge in [-0.3, -0.25) is 4.79 Å². The molecule has 2 aromatic rings. The van der Waals surface area contributed by atoms with Crippen LogP contribution in [0.15, 0.2) is 47.4 Å². The highest BCUT2D eigenvalue weighted by Gasteiger charge is 2.26. The molecular weight excluding hydrogens is 392 g/mol. The summed E-state index contributed by atoms with van der Waals surface area (Å²) in [5.74, 6) is 1.45. The van der Waals surface area contributed by atoms with Gasteiger partial charge in [-0.05, 0) is 61.4 Å². The van der Waals surface area contributed by atoms with Gasteiger partial charge in [0.15, 0.2) is 0 Å². The van der Waals surface area contributed by atoms with E-state index in [9.17, 15) is 13.2 Å². The van der Waals surface area contributed by atoms with Crippen molar-refractivity contribution in [1.29, 1.82) is 0 Å². The third kappa shape index (κ3) is 4.71. The van der Waals surface area contributed by atoms with Crippen molar-refractivity contribution in [3.8, 4) is 11.5 Å². The number of benzene rings is 2.